The summed E-state index contributed by atoms with van der Waals surface area (Å²) in [5.41, 5.74) is -2.42. The second kappa shape index (κ2) is 2.40. The van der Waals surface area contributed by atoms with Crippen LogP contribution >= 0.6 is 0 Å². The summed E-state index contributed by atoms with van der Waals surface area (Å²) in [5, 5.41) is 0. The summed E-state index contributed by atoms with van der Waals surface area (Å²) < 4.78 is 4.49. The molecule has 1 fully saturated rings. The number of carbonyl (C=O) groups is 3. The topological polar surface area (TPSA) is 60.4 Å². The molecule has 1 heterocycles. The smallest absolute Gasteiger partial charge is 0.326 e. The number of esters is 2. The molecular formula is C9H12O4. The van der Waals surface area contributed by atoms with E-state index in [0.29, 0.717) is 0 Å². The number of ether oxygens (including phenoxy) is 1. The summed E-state index contributed by atoms with van der Waals surface area (Å²) in [6, 6.07) is 0. The Morgan fingerprint density at radius 2 is 1.15 bits per heavy atom. The van der Waals surface area contributed by atoms with E-state index < -0.39 is 22.8 Å². The van der Waals surface area contributed by atoms with E-state index in [1.165, 1.54) is 27.7 Å². The predicted molar refractivity (Wildman–Crippen MR) is 43.7 cm³/mol. The van der Waals surface area contributed by atoms with Crippen molar-refractivity contribution in [2.45, 2.75) is 27.7 Å². The van der Waals surface area contributed by atoms with Gasteiger partial charge in [-0.3, -0.25) is 14.4 Å². The third kappa shape index (κ3) is 1.17. The molecule has 0 spiro atoms. The van der Waals surface area contributed by atoms with E-state index in [4.69, 9.17) is 0 Å². The summed E-state index contributed by atoms with van der Waals surface area (Å²) >= 11 is 0. The van der Waals surface area contributed by atoms with Crippen molar-refractivity contribution >= 4 is 17.7 Å². The van der Waals surface area contributed by atoms with Gasteiger partial charge in [0.1, 0.15) is 10.8 Å². The molecule has 0 aromatic carbocycles. The van der Waals surface area contributed by atoms with Gasteiger partial charge in [0.25, 0.3) is 0 Å². The first-order chi connectivity index (χ1) is 5.70. The van der Waals surface area contributed by atoms with Crippen LogP contribution in [-0.2, 0) is 19.1 Å². The van der Waals surface area contributed by atoms with Crippen LogP contribution in [-0.4, -0.2) is 17.7 Å². The van der Waals surface area contributed by atoms with Crippen LogP contribution in [0.2, 0.25) is 0 Å². The van der Waals surface area contributed by atoms with Crippen LogP contribution in [0.5, 0.6) is 0 Å². The standard InChI is InChI=1S/C9H12O4/c1-8(2)5(10)9(3,4)7(12)13-6(8)11/h1-4H3. The van der Waals surface area contributed by atoms with Gasteiger partial charge in [-0.1, -0.05) is 0 Å². The predicted octanol–water partition coefficient (Wildman–Crippen LogP) is 0.691. The first-order valence-corrected chi connectivity index (χ1v) is 4.02. The van der Waals surface area contributed by atoms with Gasteiger partial charge in [0, 0.05) is 0 Å². The van der Waals surface area contributed by atoms with Crippen molar-refractivity contribution in [1.82, 2.24) is 0 Å². The Hall–Kier alpha value is -1.19. The van der Waals surface area contributed by atoms with Crippen molar-refractivity contribution in [2.24, 2.45) is 10.8 Å². The summed E-state index contributed by atoms with van der Waals surface area (Å²) in [4.78, 5) is 34.0. The van der Waals surface area contributed by atoms with Crippen molar-refractivity contribution in [3.63, 3.8) is 0 Å². The van der Waals surface area contributed by atoms with Crippen molar-refractivity contribution in [1.29, 1.82) is 0 Å². The lowest BCUT2D eigenvalue weighted by Gasteiger charge is -2.34. The number of carbonyl (C=O) groups excluding carboxylic acids is 3. The third-order valence-electron chi connectivity index (χ3n) is 2.34. The number of hydrogen-bond donors (Lipinski definition) is 0. The van der Waals surface area contributed by atoms with Gasteiger partial charge in [0.15, 0.2) is 5.78 Å². The van der Waals surface area contributed by atoms with E-state index in [1.807, 2.05) is 0 Å². The summed E-state index contributed by atoms with van der Waals surface area (Å²) in [6.07, 6.45) is 0. The first kappa shape index (κ1) is 9.89. The zero-order valence-corrected chi connectivity index (χ0v) is 8.13. The Kier molecular flexibility index (Phi) is 1.83. The van der Waals surface area contributed by atoms with Crippen LogP contribution in [0.4, 0.5) is 0 Å². The molecule has 0 unspecified atom stereocenters. The van der Waals surface area contributed by atoms with Gasteiger partial charge in [0.2, 0.25) is 0 Å². The van der Waals surface area contributed by atoms with E-state index in [-0.39, 0.29) is 5.78 Å². The lowest BCUT2D eigenvalue weighted by atomic mass is 9.71. The highest BCUT2D eigenvalue weighted by molar-refractivity contribution is 6.20. The van der Waals surface area contributed by atoms with E-state index >= 15 is 0 Å². The highest BCUT2D eigenvalue weighted by Gasteiger charge is 2.55. The molecule has 4 nitrogen and oxygen atoms in total. The van der Waals surface area contributed by atoms with E-state index in [9.17, 15) is 14.4 Å². The number of rotatable bonds is 0. The monoisotopic (exact) mass is 184 g/mol. The van der Waals surface area contributed by atoms with Crippen LogP contribution in [0.25, 0.3) is 0 Å². The Bertz CT molecular complexity index is 271. The molecule has 0 aliphatic carbocycles. The Morgan fingerprint density at radius 3 is 1.46 bits per heavy atom. The van der Waals surface area contributed by atoms with Crippen LogP contribution in [0.3, 0.4) is 0 Å². The molecule has 0 amide bonds. The minimum atomic E-state index is -1.21. The van der Waals surface area contributed by atoms with Gasteiger partial charge in [-0.05, 0) is 27.7 Å². The van der Waals surface area contributed by atoms with Gasteiger partial charge in [-0.2, -0.15) is 0 Å². The van der Waals surface area contributed by atoms with Gasteiger partial charge in [-0.25, -0.2) is 0 Å². The lowest BCUT2D eigenvalue weighted by molar-refractivity contribution is -0.184. The molecular weight excluding hydrogens is 172 g/mol. The quantitative estimate of drug-likeness (QED) is 0.410. The zero-order valence-electron chi connectivity index (χ0n) is 8.13. The largest absolute Gasteiger partial charge is 0.392 e. The molecule has 1 saturated heterocycles. The van der Waals surface area contributed by atoms with Crippen LogP contribution < -0.4 is 0 Å². The summed E-state index contributed by atoms with van der Waals surface area (Å²) in [6.45, 7) is 5.86. The molecule has 1 aliphatic rings. The summed E-state index contributed by atoms with van der Waals surface area (Å²) in [5.74, 6) is -1.91. The van der Waals surface area contributed by atoms with E-state index in [1.54, 1.807) is 0 Å². The van der Waals surface area contributed by atoms with Crippen molar-refractivity contribution in [2.75, 3.05) is 0 Å². The maximum absolute atomic E-state index is 11.7. The fourth-order valence-corrected chi connectivity index (χ4v) is 1.31. The molecule has 13 heavy (non-hydrogen) atoms. The fraction of sp³-hybridized carbons (Fsp3) is 0.667. The van der Waals surface area contributed by atoms with E-state index in [2.05, 4.69) is 4.74 Å². The molecule has 1 aliphatic heterocycles. The van der Waals surface area contributed by atoms with E-state index in [0.717, 1.165) is 0 Å². The van der Waals surface area contributed by atoms with Crippen molar-refractivity contribution in [3.05, 3.63) is 0 Å². The molecule has 0 aromatic heterocycles. The van der Waals surface area contributed by atoms with Crippen LogP contribution in [0.15, 0.2) is 0 Å². The molecule has 72 valence electrons. The van der Waals surface area contributed by atoms with Gasteiger partial charge >= 0.3 is 11.9 Å². The van der Waals surface area contributed by atoms with Crippen LogP contribution in [0, 0.1) is 10.8 Å². The minimum absolute atomic E-state index is 0.388. The number of cyclic esters (lactones) is 2. The SMILES string of the molecule is CC1(C)C(=O)OC(=O)C(C)(C)C1=O. The number of hydrogen-bond acceptors (Lipinski definition) is 4. The molecule has 0 aromatic rings. The maximum Gasteiger partial charge on any atom is 0.326 e. The Morgan fingerprint density at radius 1 is 0.846 bits per heavy atom. The lowest BCUT2D eigenvalue weighted by Crippen LogP contribution is -2.53. The molecule has 0 radical (unpaired) electrons. The molecule has 0 saturated carbocycles. The van der Waals surface area contributed by atoms with Gasteiger partial charge < -0.3 is 4.74 Å². The first-order valence-electron chi connectivity index (χ1n) is 4.02. The highest BCUT2D eigenvalue weighted by Crippen LogP contribution is 2.36. The van der Waals surface area contributed by atoms with Gasteiger partial charge in [0.05, 0.1) is 0 Å². The minimum Gasteiger partial charge on any atom is -0.392 e. The molecule has 0 atom stereocenters. The molecule has 1 rings (SSSR count). The number of ketones is 1. The van der Waals surface area contributed by atoms with Gasteiger partial charge in [-0.15, -0.1) is 0 Å². The van der Waals surface area contributed by atoms with Crippen molar-refractivity contribution < 1.29 is 19.1 Å². The fourth-order valence-electron chi connectivity index (χ4n) is 1.31. The van der Waals surface area contributed by atoms with Crippen molar-refractivity contribution in [3.8, 4) is 0 Å². The number of Topliss-reactive ketones (excluding diaryl/α,β-unsaturated/α-hetero) is 1. The molecule has 0 N–H and O–H groups in total. The molecule has 0 bridgehead atoms. The summed E-state index contributed by atoms with van der Waals surface area (Å²) in [7, 11) is 0. The molecule has 4 heteroatoms. The maximum atomic E-state index is 11.7. The normalized spacial score (nSPS) is 25.7. The average Bonchev–Trinajstić information content (AvgIpc) is 2.00. The highest BCUT2D eigenvalue weighted by atomic mass is 16.6. The Labute approximate surface area is 76.3 Å². The second-order valence-corrected chi connectivity index (χ2v) is 4.26. The van der Waals surface area contributed by atoms with Crippen LogP contribution in [0.1, 0.15) is 27.7 Å². The second-order valence-electron chi connectivity index (χ2n) is 4.26. The zero-order chi connectivity index (χ0) is 10.4. The third-order valence-corrected chi connectivity index (χ3v) is 2.34. The Balaban J connectivity index is 3.19. The average molecular weight is 184 g/mol.